The maximum Gasteiger partial charge on any atom is 0.335 e. The van der Waals surface area contributed by atoms with E-state index in [1.165, 1.54) is 12.1 Å². The number of carboxylic acid groups (broad SMARTS) is 1. The summed E-state index contributed by atoms with van der Waals surface area (Å²) in [5.41, 5.74) is 7.07. The fourth-order valence-corrected chi connectivity index (χ4v) is 3.07. The van der Waals surface area contributed by atoms with Crippen molar-refractivity contribution < 1.29 is 14.6 Å². The monoisotopic (exact) mass is 412 g/mol. The Bertz CT molecular complexity index is 1220. The smallest absolute Gasteiger partial charge is 0.335 e. The molecule has 4 rings (SSSR count). The Kier molecular flexibility index (Phi) is 5.75. The Balaban J connectivity index is 1.66. The molecule has 2 N–H and O–H groups in total. The summed E-state index contributed by atoms with van der Waals surface area (Å²) in [5, 5.41) is 18.2. The molecule has 7 nitrogen and oxygen atoms in total. The number of rotatable bonds is 7. The minimum Gasteiger partial charge on any atom is -0.497 e. The number of nitrogens with zero attached hydrogens (tertiary/aromatic N) is 3. The summed E-state index contributed by atoms with van der Waals surface area (Å²) in [7, 11) is 1.63. The average Bonchev–Trinajstić information content (AvgIpc) is 3.24. The number of ether oxygens (including phenoxy) is 1. The number of methoxy groups -OCH3 is 1. The number of carbonyl (C=O) groups is 1. The molecular formula is C24H20N4O3. The first-order valence-electron chi connectivity index (χ1n) is 9.56. The number of aromatic nitrogens is 2. The maximum atomic E-state index is 11.1. The summed E-state index contributed by atoms with van der Waals surface area (Å²) >= 11 is 0. The Morgan fingerprint density at radius 1 is 1.06 bits per heavy atom. The molecule has 0 radical (unpaired) electrons. The molecule has 154 valence electrons. The average molecular weight is 412 g/mol. The number of hydrogen-bond donors (Lipinski definition) is 2. The number of aromatic carboxylic acids is 1. The summed E-state index contributed by atoms with van der Waals surface area (Å²) in [6.45, 7) is 0. The minimum absolute atomic E-state index is 0.191. The van der Waals surface area contributed by atoms with Crippen LogP contribution in [-0.2, 0) is 0 Å². The molecular weight excluding hydrogens is 392 g/mol. The van der Waals surface area contributed by atoms with Gasteiger partial charge in [-0.2, -0.15) is 10.2 Å². The summed E-state index contributed by atoms with van der Waals surface area (Å²) in [4.78, 5) is 11.1. The Morgan fingerprint density at radius 3 is 2.55 bits per heavy atom. The van der Waals surface area contributed by atoms with Crippen molar-refractivity contribution in [2.75, 3.05) is 12.5 Å². The summed E-state index contributed by atoms with van der Waals surface area (Å²) in [6.07, 6.45) is 3.56. The van der Waals surface area contributed by atoms with Crippen LogP contribution >= 0.6 is 0 Å². The molecule has 0 amide bonds. The van der Waals surface area contributed by atoms with Gasteiger partial charge in [0.25, 0.3) is 0 Å². The molecule has 31 heavy (non-hydrogen) atoms. The molecule has 0 aliphatic heterocycles. The lowest BCUT2D eigenvalue weighted by atomic mass is 10.1. The highest BCUT2D eigenvalue weighted by Gasteiger charge is 2.11. The fourth-order valence-electron chi connectivity index (χ4n) is 3.07. The van der Waals surface area contributed by atoms with E-state index in [0.29, 0.717) is 5.69 Å². The second-order valence-corrected chi connectivity index (χ2v) is 6.70. The molecule has 0 aliphatic carbocycles. The van der Waals surface area contributed by atoms with Gasteiger partial charge in [0.1, 0.15) is 11.4 Å². The molecule has 0 aliphatic rings. The Hall–Kier alpha value is -4.39. The quantitative estimate of drug-likeness (QED) is 0.340. The van der Waals surface area contributed by atoms with Crippen LogP contribution in [0.2, 0.25) is 0 Å². The van der Waals surface area contributed by atoms with Crippen LogP contribution in [-0.4, -0.2) is 34.2 Å². The van der Waals surface area contributed by atoms with Crippen LogP contribution in [0.15, 0.2) is 90.2 Å². The first-order valence-corrected chi connectivity index (χ1v) is 9.56. The second kappa shape index (κ2) is 8.96. The molecule has 1 aromatic heterocycles. The number of nitrogens with one attached hydrogen (secondary N) is 1. The zero-order valence-corrected chi connectivity index (χ0v) is 16.8. The normalized spacial score (nSPS) is 10.9. The number of hydrazone groups is 1. The third kappa shape index (κ3) is 4.62. The standard InChI is InChI=1S/C24H20N4O3/c1-31-22-12-10-17(11-13-22)23-19(16-28(27-23)21-8-3-2-4-9-21)15-25-26-20-7-5-6-18(14-20)24(29)30/h2-16,26H,1H3,(H,29,30)/b25-15+. The van der Waals surface area contributed by atoms with Gasteiger partial charge in [0.05, 0.1) is 30.3 Å². The largest absolute Gasteiger partial charge is 0.497 e. The predicted octanol–water partition coefficient (Wildman–Crippen LogP) is 4.69. The van der Waals surface area contributed by atoms with Crippen molar-refractivity contribution in [2.24, 2.45) is 5.10 Å². The summed E-state index contributed by atoms with van der Waals surface area (Å²) in [5.74, 6) is -0.222. The van der Waals surface area contributed by atoms with E-state index in [2.05, 4.69) is 10.5 Å². The number of hydrogen-bond acceptors (Lipinski definition) is 5. The van der Waals surface area contributed by atoms with Crippen molar-refractivity contribution in [3.8, 4) is 22.7 Å². The molecule has 3 aromatic carbocycles. The van der Waals surface area contributed by atoms with Crippen LogP contribution in [0.5, 0.6) is 5.75 Å². The number of benzene rings is 3. The Morgan fingerprint density at radius 2 is 1.84 bits per heavy atom. The van der Waals surface area contributed by atoms with Crippen molar-refractivity contribution >= 4 is 17.9 Å². The molecule has 0 saturated carbocycles. The number of anilines is 1. The van der Waals surface area contributed by atoms with Crippen LogP contribution in [0.4, 0.5) is 5.69 Å². The van der Waals surface area contributed by atoms with Gasteiger partial charge < -0.3 is 9.84 Å². The van der Waals surface area contributed by atoms with E-state index in [1.807, 2.05) is 60.8 Å². The van der Waals surface area contributed by atoms with Gasteiger partial charge in [0.2, 0.25) is 0 Å². The first kappa shape index (κ1) is 19.9. The van der Waals surface area contributed by atoms with Gasteiger partial charge in [-0.15, -0.1) is 0 Å². The highest BCUT2D eigenvalue weighted by molar-refractivity contribution is 5.90. The molecule has 7 heteroatoms. The van der Waals surface area contributed by atoms with E-state index in [1.54, 1.807) is 30.1 Å². The second-order valence-electron chi connectivity index (χ2n) is 6.70. The van der Waals surface area contributed by atoms with Crippen LogP contribution in [0.25, 0.3) is 16.9 Å². The maximum absolute atomic E-state index is 11.1. The summed E-state index contributed by atoms with van der Waals surface area (Å²) in [6, 6.07) is 23.9. The van der Waals surface area contributed by atoms with Crippen molar-refractivity contribution in [3.05, 3.63) is 96.2 Å². The van der Waals surface area contributed by atoms with Crippen molar-refractivity contribution in [3.63, 3.8) is 0 Å². The zero-order valence-electron chi connectivity index (χ0n) is 16.8. The van der Waals surface area contributed by atoms with Gasteiger partial charge in [-0.05, 0) is 54.6 Å². The van der Waals surface area contributed by atoms with E-state index in [9.17, 15) is 4.79 Å². The summed E-state index contributed by atoms with van der Waals surface area (Å²) < 4.78 is 7.04. The van der Waals surface area contributed by atoms with Crippen molar-refractivity contribution in [1.82, 2.24) is 9.78 Å². The predicted molar refractivity (Wildman–Crippen MR) is 120 cm³/mol. The minimum atomic E-state index is -0.987. The van der Waals surface area contributed by atoms with Crippen molar-refractivity contribution in [2.45, 2.75) is 0 Å². The molecule has 0 fully saturated rings. The molecule has 0 saturated heterocycles. The number of para-hydroxylation sites is 1. The molecule has 1 heterocycles. The van der Waals surface area contributed by atoms with Crippen LogP contribution < -0.4 is 10.2 Å². The van der Waals surface area contributed by atoms with Crippen molar-refractivity contribution in [1.29, 1.82) is 0 Å². The van der Waals surface area contributed by atoms with Crippen LogP contribution in [0.3, 0.4) is 0 Å². The van der Waals surface area contributed by atoms with E-state index < -0.39 is 5.97 Å². The van der Waals surface area contributed by atoms with Gasteiger partial charge in [0, 0.05) is 17.3 Å². The zero-order chi connectivity index (χ0) is 21.6. The fraction of sp³-hybridized carbons (Fsp3) is 0.0417. The van der Waals surface area contributed by atoms with Gasteiger partial charge >= 0.3 is 5.97 Å². The van der Waals surface area contributed by atoms with Gasteiger partial charge in [0.15, 0.2) is 0 Å². The lowest BCUT2D eigenvalue weighted by molar-refractivity contribution is 0.0697. The first-order chi connectivity index (χ1) is 15.1. The molecule has 0 spiro atoms. The van der Waals surface area contributed by atoms with Gasteiger partial charge in [-0.25, -0.2) is 9.48 Å². The SMILES string of the molecule is COc1ccc(-c2nn(-c3ccccc3)cc2/C=N/Nc2cccc(C(=O)O)c2)cc1. The molecule has 4 aromatic rings. The Labute approximate surface area is 179 Å². The number of carboxylic acids is 1. The van der Waals surface area contributed by atoms with E-state index in [-0.39, 0.29) is 5.56 Å². The van der Waals surface area contributed by atoms with Crippen LogP contribution in [0, 0.1) is 0 Å². The van der Waals surface area contributed by atoms with E-state index in [0.717, 1.165) is 28.3 Å². The third-order valence-electron chi connectivity index (χ3n) is 4.63. The molecule has 0 bridgehead atoms. The highest BCUT2D eigenvalue weighted by Crippen LogP contribution is 2.25. The third-order valence-corrected chi connectivity index (χ3v) is 4.63. The molecule has 0 unspecified atom stereocenters. The van der Waals surface area contributed by atoms with Crippen LogP contribution in [0.1, 0.15) is 15.9 Å². The topological polar surface area (TPSA) is 88.7 Å². The van der Waals surface area contributed by atoms with E-state index in [4.69, 9.17) is 14.9 Å². The highest BCUT2D eigenvalue weighted by atomic mass is 16.5. The molecule has 0 atom stereocenters. The van der Waals surface area contributed by atoms with E-state index >= 15 is 0 Å². The lowest BCUT2D eigenvalue weighted by Crippen LogP contribution is -1.97. The van der Waals surface area contributed by atoms with Gasteiger partial charge in [-0.3, -0.25) is 5.43 Å². The lowest BCUT2D eigenvalue weighted by Gasteiger charge is -2.03. The van der Waals surface area contributed by atoms with Gasteiger partial charge in [-0.1, -0.05) is 24.3 Å².